The molecule has 3 rings (SSSR count). The Labute approximate surface area is 207 Å². The van der Waals surface area contributed by atoms with Crippen molar-refractivity contribution in [3.63, 3.8) is 0 Å². The number of carbonyl (C=O) groups is 2. The van der Waals surface area contributed by atoms with Gasteiger partial charge in [-0.15, -0.1) is 0 Å². The zero-order valence-corrected chi connectivity index (χ0v) is 21.0. The van der Waals surface area contributed by atoms with Gasteiger partial charge in [0.1, 0.15) is 5.60 Å². The number of carboxylic acid groups (broad SMARTS) is 1. The lowest BCUT2D eigenvalue weighted by Gasteiger charge is -2.34. The zero-order chi connectivity index (χ0) is 25.6. The maximum absolute atomic E-state index is 12.5. The molecule has 1 heterocycles. The van der Waals surface area contributed by atoms with Crippen molar-refractivity contribution < 1.29 is 19.4 Å². The molecule has 1 fully saturated rings. The number of hydrogen-bond donors (Lipinski definition) is 2. The smallest absolute Gasteiger partial charge is 0.410 e. The van der Waals surface area contributed by atoms with E-state index in [-0.39, 0.29) is 24.3 Å². The largest absolute Gasteiger partial charge is 0.481 e. The van der Waals surface area contributed by atoms with Gasteiger partial charge in [-0.2, -0.15) is 5.26 Å². The first-order chi connectivity index (χ1) is 16.6. The predicted molar refractivity (Wildman–Crippen MR) is 136 cm³/mol. The highest BCUT2D eigenvalue weighted by Gasteiger charge is 2.29. The second-order valence-corrected chi connectivity index (χ2v) is 10.1. The van der Waals surface area contributed by atoms with Crippen LogP contribution in [0.15, 0.2) is 42.5 Å². The van der Waals surface area contributed by atoms with Gasteiger partial charge in [0.2, 0.25) is 0 Å². The molecule has 1 aliphatic rings. The highest BCUT2D eigenvalue weighted by molar-refractivity contribution is 5.70. The molecule has 2 N–H and O–H groups in total. The van der Waals surface area contributed by atoms with Crippen LogP contribution in [-0.2, 0) is 9.53 Å². The summed E-state index contributed by atoms with van der Waals surface area (Å²) in [6.45, 7) is 8.85. The van der Waals surface area contributed by atoms with E-state index in [1.165, 1.54) is 0 Å². The normalized spacial score (nSPS) is 15.2. The maximum atomic E-state index is 12.5. The van der Waals surface area contributed by atoms with Gasteiger partial charge in [-0.3, -0.25) is 4.79 Å². The third-order valence-electron chi connectivity index (χ3n) is 6.34. The molecule has 0 saturated carbocycles. The average molecular weight is 478 g/mol. The number of piperidine rings is 1. The second-order valence-electron chi connectivity index (χ2n) is 10.1. The molecule has 7 nitrogen and oxygen atoms in total. The summed E-state index contributed by atoms with van der Waals surface area (Å²) in [7, 11) is 0. The van der Waals surface area contributed by atoms with Crippen molar-refractivity contribution in [2.45, 2.75) is 70.8 Å². The fourth-order valence-electron chi connectivity index (χ4n) is 4.48. The molecule has 1 unspecified atom stereocenters. The van der Waals surface area contributed by atoms with Gasteiger partial charge in [-0.25, -0.2) is 4.79 Å². The number of ether oxygens (including phenoxy) is 1. The van der Waals surface area contributed by atoms with Gasteiger partial charge in [-0.05, 0) is 93.3 Å². The molecule has 0 spiro atoms. The van der Waals surface area contributed by atoms with Crippen LogP contribution in [0.4, 0.5) is 16.2 Å². The molecule has 2 aromatic carbocycles. The number of nitrogens with zero attached hydrogens (tertiary/aromatic N) is 2. The zero-order valence-electron chi connectivity index (χ0n) is 21.0. The van der Waals surface area contributed by atoms with Gasteiger partial charge in [0.15, 0.2) is 0 Å². The topological polar surface area (TPSA) is 103 Å². The lowest BCUT2D eigenvalue weighted by atomic mass is 9.85. The van der Waals surface area contributed by atoms with E-state index in [0.29, 0.717) is 18.7 Å². The van der Waals surface area contributed by atoms with E-state index in [1.54, 1.807) is 17.0 Å². The molecular formula is C28H35N3O4. The quantitative estimate of drug-likeness (QED) is 0.479. The van der Waals surface area contributed by atoms with Crippen molar-refractivity contribution in [1.29, 1.82) is 5.26 Å². The summed E-state index contributed by atoms with van der Waals surface area (Å²) >= 11 is 0. The van der Waals surface area contributed by atoms with Crippen molar-refractivity contribution in [3.05, 3.63) is 59.2 Å². The van der Waals surface area contributed by atoms with Crippen LogP contribution in [0.25, 0.3) is 0 Å². The predicted octanol–water partition coefficient (Wildman–Crippen LogP) is 6.38. The monoisotopic (exact) mass is 477 g/mol. The van der Waals surface area contributed by atoms with E-state index < -0.39 is 11.6 Å². The van der Waals surface area contributed by atoms with Crippen molar-refractivity contribution in [1.82, 2.24) is 4.90 Å². The number of likely N-dealkylation sites (tertiary alicyclic amines) is 1. The van der Waals surface area contributed by atoms with E-state index >= 15 is 0 Å². The van der Waals surface area contributed by atoms with Crippen LogP contribution < -0.4 is 5.32 Å². The molecule has 35 heavy (non-hydrogen) atoms. The number of anilines is 2. The molecule has 0 bridgehead atoms. The number of benzene rings is 2. The van der Waals surface area contributed by atoms with Crippen LogP contribution in [0.3, 0.4) is 0 Å². The summed E-state index contributed by atoms with van der Waals surface area (Å²) in [6, 6.07) is 15.6. The van der Waals surface area contributed by atoms with Crippen molar-refractivity contribution >= 4 is 23.4 Å². The van der Waals surface area contributed by atoms with E-state index in [2.05, 4.69) is 23.5 Å². The summed E-state index contributed by atoms with van der Waals surface area (Å²) in [5, 5.41) is 21.9. The molecule has 1 amide bonds. The minimum absolute atomic E-state index is 0.0721. The van der Waals surface area contributed by atoms with Gasteiger partial charge in [0.05, 0.1) is 18.1 Å². The van der Waals surface area contributed by atoms with Crippen molar-refractivity contribution in [2.24, 2.45) is 0 Å². The molecule has 2 aromatic rings. The van der Waals surface area contributed by atoms with Crippen LogP contribution >= 0.6 is 0 Å². The number of amides is 1. The van der Waals surface area contributed by atoms with Gasteiger partial charge in [0.25, 0.3) is 0 Å². The molecule has 0 radical (unpaired) electrons. The number of hydrogen-bond acceptors (Lipinski definition) is 5. The first kappa shape index (κ1) is 26.1. The molecule has 7 heteroatoms. The third kappa shape index (κ3) is 7.22. The SMILES string of the molecule is CCC(CC(=O)O)c1ccc(C2CCN(C(=O)OC(C)(C)C)CC2)c(Nc2ccc(C#N)cc2)c1. The summed E-state index contributed by atoms with van der Waals surface area (Å²) < 4.78 is 5.53. The number of nitrogens with one attached hydrogen (secondary N) is 1. The minimum Gasteiger partial charge on any atom is -0.481 e. The number of carboxylic acids is 1. The Morgan fingerprint density at radius 3 is 2.37 bits per heavy atom. The fourth-order valence-corrected chi connectivity index (χ4v) is 4.48. The van der Waals surface area contributed by atoms with E-state index in [9.17, 15) is 14.7 Å². The van der Waals surface area contributed by atoms with Crippen LogP contribution in [0.1, 0.15) is 81.9 Å². The van der Waals surface area contributed by atoms with Gasteiger partial charge >= 0.3 is 12.1 Å². The Morgan fingerprint density at radius 2 is 1.83 bits per heavy atom. The first-order valence-electron chi connectivity index (χ1n) is 12.2. The Balaban J connectivity index is 1.85. The standard InChI is InChI=1S/C28H35N3O4/c1-5-20(17-26(32)33)22-8-11-24(25(16-22)30-23-9-6-19(18-29)7-10-23)21-12-14-31(15-13-21)27(34)35-28(2,3)4/h6-11,16,20-21,30H,5,12-15,17H2,1-4H3,(H,32,33). The van der Waals surface area contributed by atoms with Gasteiger partial charge < -0.3 is 20.1 Å². The number of rotatable bonds is 7. The first-order valence-corrected chi connectivity index (χ1v) is 12.2. The van der Waals surface area contributed by atoms with Gasteiger partial charge in [-0.1, -0.05) is 19.1 Å². The lowest BCUT2D eigenvalue weighted by molar-refractivity contribution is -0.137. The summed E-state index contributed by atoms with van der Waals surface area (Å²) in [5.74, 6) is -0.628. The Morgan fingerprint density at radius 1 is 1.17 bits per heavy atom. The third-order valence-corrected chi connectivity index (χ3v) is 6.34. The van der Waals surface area contributed by atoms with Crippen LogP contribution in [0.5, 0.6) is 0 Å². The summed E-state index contributed by atoms with van der Waals surface area (Å²) in [5.41, 5.74) is 4.00. The van der Waals surface area contributed by atoms with E-state index in [1.807, 2.05) is 45.9 Å². The molecular weight excluding hydrogens is 442 g/mol. The van der Waals surface area contributed by atoms with Crippen LogP contribution in [0.2, 0.25) is 0 Å². The number of carbonyl (C=O) groups excluding carboxylic acids is 1. The average Bonchev–Trinajstić information content (AvgIpc) is 2.82. The Kier molecular flexibility index (Phi) is 8.39. The fraction of sp³-hybridized carbons (Fsp3) is 0.464. The second kappa shape index (κ2) is 11.3. The molecule has 1 aliphatic heterocycles. The molecule has 186 valence electrons. The maximum Gasteiger partial charge on any atom is 0.410 e. The highest BCUT2D eigenvalue weighted by atomic mass is 16.6. The van der Waals surface area contributed by atoms with E-state index in [0.717, 1.165) is 41.8 Å². The number of nitriles is 1. The molecule has 1 saturated heterocycles. The van der Waals surface area contributed by atoms with Crippen LogP contribution in [0, 0.1) is 11.3 Å². The summed E-state index contributed by atoms with van der Waals surface area (Å²) in [4.78, 5) is 25.6. The van der Waals surface area contributed by atoms with Crippen molar-refractivity contribution in [2.75, 3.05) is 18.4 Å². The molecule has 0 aromatic heterocycles. The molecule has 1 atom stereocenters. The highest BCUT2D eigenvalue weighted by Crippen LogP contribution is 2.37. The number of aliphatic carboxylic acids is 1. The lowest BCUT2D eigenvalue weighted by Crippen LogP contribution is -2.41. The Hall–Kier alpha value is -3.53. The van der Waals surface area contributed by atoms with Crippen LogP contribution in [-0.4, -0.2) is 40.8 Å². The molecule has 0 aliphatic carbocycles. The van der Waals surface area contributed by atoms with Gasteiger partial charge in [0, 0.05) is 24.5 Å². The van der Waals surface area contributed by atoms with Crippen molar-refractivity contribution in [3.8, 4) is 6.07 Å². The minimum atomic E-state index is -0.808. The van der Waals surface area contributed by atoms with E-state index in [4.69, 9.17) is 10.00 Å². The Bertz CT molecular complexity index is 1070. The summed E-state index contributed by atoms with van der Waals surface area (Å²) in [6.07, 6.45) is 2.16.